The lowest BCUT2D eigenvalue weighted by Crippen LogP contribution is -2.30. The van der Waals surface area contributed by atoms with Gasteiger partial charge in [-0.3, -0.25) is 4.79 Å². The average Bonchev–Trinajstić information content (AvgIpc) is 3.15. The summed E-state index contributed by atoms with van der Waals surface area (Å²) < 4.78 is 1.97. The minimum absolute atomic E-state index is 0.208. The third-order valence-electron chi connectivity index (χ3n) is 5.06. The van der Waals surface area contributed by atoms with E-state index in [2.05, 4.69) is 54.6 Å². The Hall–Kier alpha value is -1.82. The van der Waals surface area contributed by atoms with Crippen molar-refractivity contribution in [1.29, 1.82) is 0 Å². The Morgan fingerprint density at radius 3 is 2.69 bits per heavy atom. The molecule has 2 aliphatic rings. The number of amides is 1. The van der Waals surface area contributed by atoms with Gasteiger partial charge in [0.1, 0.15) is 0 Å². The van der Waals surface area contributed by atoms with Gasteiger partial charge < -0.3 is 4.90 Å². The number of rotatable bonds is 6. The molecule has 2 fully saturated rings. The molecule has 1 amide bonds. The Morgan fingerprint density at radius 1 is 1.23 bits per heavy atom. The van der Waals surface area contributed by atoms with Crippen LogP contribution in [0.25, 0.3) is 0 Å². The number of hydrogen-bond acceptors (Lipinski definition) is 4. The van der Waals surface area contributed by atoms with Crippen molar-refractivity contribution in [3.8, 4) is 0 Å². The fourth-order valence-corrected chi connectivity index (χ4v) is 4.30. The number of carbonyl (C=O) groups excluding carboxylic acids is 1. The zero-order chi connectivity index (χ0) is 18.1. The Labute approximate surface area is 159 Å². The number of thioether (sulfide) groups is 1. The van der Waals surface area contributed by atoms with Crippen LogP contribution >= 0.6 is 11.8 Å². The quantitative estimate of drug-likeness (QED) is 0.728. The van der Waals surface area contributed by atoms with Crippen LogP contribution in [0.3, 0.4) is 0 Å². The van der Waals surface area contributed by atoms with Gasteiger partial charge in [-0.1, -0.05) is 31.2 Å². The van der Waals surface area contributed by atoms with Crippen LogP contribution in [0.5, 0.6) is 0 Å². The summed E-state index contributed by atoms with van der Waals surface area (Å²) in [6.45, 7) is 5.93. The van der Waals surface area contributed by atoms with Gasteiger partial charge in [0.25, 0.3) is 0 Å². The zero-order valence-corrected chi connectivity index (χ0v) is 16.3. The molecule has 5 nitrogen and oxygen atoms in total. The third kappa shape index (κ3) is 4.11. The number of hydrogen-bond donors (Lipinski definition) is 0. The van der Waals surface area contributed by atoms with Crippen molar-refractivity contribution in [2.75, 3.05) is 13.1 Å². The van der Waals surface area contributed by atoms with Gasteiger partial charge in [0, 0.05) is 35.3 Å². The molecule has 1 aliphatic carbocycles. The number of likely N-dealkylation sites (tertiary alicyclic amines) is 1. The average molecular weight is 371 g/mol. The normalized spacial score (nSPS) is 20.1. The molecule has 2 aromatic rings. The number of benzene rings is 1. The molecule has 2 heterocycles. The Bertz CT molecular complexity index is 766. The number of nitrogens with zero attached hydrogens (tertiary/aromatic N) is 4. The van der Waals surface area contributed by atoms with Crippen LogP contribution < -0.4 is 0 Å². The van der Waals surface area contributed by atoms with Crippen LogP contribution in [-0.4, -0.2) is 44.1 Å². The summed E-state index contributed by atoms with van der Waals surface area (Å²) in [6.07, 6.45) is 6.00. The smallest absolute Gasteiger partial charge is 0.227 e. The van der Waals surface area contributed by atoms with E-state index in [9.17, 15) is 4.79 Å². The highest BCUT2D eigenvalue weighted by Crippen LogP contribution is 2.39. The van der Waals surface area contributed by atoms with Crippen molar-refractivity contribution in [2.45, 2.75) is 61.6 Å². The van der Waals surface area contributed by atoms with Crippen LogP contribution in [0.15, 0.2) is 35.4 Å². The van der Waals surface area contributed by atoms with E-state index in [-0.39, 0.29) is 11.9 Å². The van der Waals surface area contributed by atoms with Gasteiger partial charge in [-0.25, -0.2) is 4.68 Å². The maximum Gasteiger partial charge on any atom is 0.227 e. The first-order chi connectivity index (χ1) is 12.6. The maximum absolute atomic E-state index is 12.7. The lowest BCUT2D eigenvalue weighted by molar-refractivity contribution is -0.129. The summed E-state index contributed by atoms with van der Waals surface area (Å²) in [4.78, 5) is 15.9. The van der Waals surface area contributed by atoms with E-state index >= 15 is 0 Å². The molecule has 1 saturated carbocycles. The molecule has 1 saturated heterocycles. The molecule has 0 radical (unpaired) electrons. The summed E-state index contributed by atoms with van der Waals surface area (Å²) in [7, 11) is 0. The first-order valence-electron chi connectivity index (χ1n) is 9.53. The van der Waals surface area contributed by atoms with Gasteiger partial charge in [-0.15, -0.1) is 16.9 Å². The predicted octanol–water partition coefficient (Wildman–Crippen LogP) is 3.67. The monoisotopic (exact) mass is 370 g/mol. The summed E-state index contributed by atoms with van der Waals surface area (Å²) in [5.41, 5.74) is 2.21. The highest BCUT2D eigenvalue weighted by Gasteiger charge is 2.31. The molecule has 1 aliphatic heterocycles. The van der Waals surface area contributed by atoms with Gasteiger partial charge in [0.05, 0.1) is 18.2 Å². The molecule has 4 rings (SSSR count). The molecule has 1 aromatic heterocycles. The molecule has 6 heteroatoms. The Morgan fingerprint density at radius 2 is 2.00 bits per heavy atom. The van der Waals surface area contributed by atoms with Gasteiger partial charge >= 0.3 is 0 Å². The van der Waals surface area contributed by atoms with E-state index in [4.69, 9.17) is 0 Å². The summed E-state index contributed by atoms with van der Waals surface area (Å²) >= 11 is 1.85. The first kappa shape index (κ1) is 17.6. The van der Waals surface area contributed by atoms with Crippen LogP contribution in [-0.2, 0) is 11.2 Å². The molecular weight excluding hydrogens is 344 g/mol. The van der Waals surface area contributed by atoms with Crippen molar-refractivity contribution in [2.24, 2.45) is 0 Å². The molecular formula is C20H26N4OS. The molecule has 0 unspecified atom stereocenters. The Balaban J connectivity index is 1.32. The van der Waals surface area contributed by atoms with Crippen LogP contribution in [0.1, 0.15) is 56.3 Å². The van der Waals surface area contributed by atoms with Crippen molar-refractivity contribution in [3.63, 3.8) is 0 Å². The lowest BCUT2D eigenvalue weighted by Gasteiger charge is -2.16. The summed E-state index contributed by atoms with van der Waals surface area (Å²) in [5, 5.41) is 9.16. The minimum atomic E-state index is 0.208. The third-order valence-corrected chi connectivity index (χ3v) is 6.08. The second-order valence-electron chi connectivity index (χ2n) is 7.67. The van der Waals surface area contributed by atoms with Crippen molar-refractivity contribution < 1.29 is 4.79 Å². The molecule has 0 N–H and O–H groups in total. The fourth-order valence-electron chi connectivity index (χ4n) is 3.46. The van der Waals surface area contributed by atoms with E-state index in [0.29, 0.717) is 17.6 Å². The fraction of sp³-hybridized carbons (Fsp3) is 0.550. The topological polar surface area (TPSA) is 51.0 Å². The van der Waals surface area contributed by atoms with Crippen molar-refractivity contribution in [1.82, 2.24) is 19.9 Å². The van der Waals surface area contributed by atoms with Crippen LogP contribution in [0, 0.1) is 0 Å². The molecule has 26 heavy (non-hydrogen) atoms. The van der Waals surface area contributed by atoms with Gasteiger partial charge in [-0.2, -0.15) is 0 Å². The van der Waals surface area contributed by atoms with E-state index in [0.717, 1.165) is 30.8 Å². The highest BCUT2D eigenvalue weighted by atomic mass is 32.2. The second kappa shape index (κ2) is 7.43. The van der Waals surface area contributed by atoms with E-state index in [1.807, 2.05) is 21.3 Å². The maximum atomic E-state index is 12.7. The van der Waals surface area contributed by atoms with E-state index in [1.165, 1.54) is 17.7 Å². The minimum Gasteiger partial charge on any atom is -0.340 e. The molecule has 0 spiro atoms. The van der Waals surface area contributed by atoms with Crippen molar-refractivity contribution >= 4 is 17.7 Å². The van der Waals surface area contributed by atoms with E-state index in [1.54, 1.807) is 0 Å². The van der Waals surface area contributed by atoms with Crippen LogP contribution in [0.2, 0.25) is 0 Å². The van der Waals surface area contributed by atoms with E-state index < -0.39 is 0 Å². The highest BCUT2D eigenvalue weighted by molar-refractivity contribution is 7.99. The van der Waals surface area contributed by atoms with Crippen molar-refractivity contribution in [3.05, 3.63) is 41.7 Å². The number of carbonyl (C=O) groups is 1. The number of aromatic nitrogens is 3. The molecule has 1 atom stereocenters. The first-order valence-corrected chi connectivity index (χ1v) is 10.4. The molecule has 0 bridgehead atoms. The van der Waals surface area contributed by atoms with Gasteiger partial charge in [0.15, 0.2) is 0 Å². The summed E-state index contributed by atoms with van der Waals surface area (Å²) in [6, 6.07) is 8.66. The van der Waals surface area contributed by atoms with Crippen LogP contribution in [0.4, 0.5) is 0 Å². The lowest BCUT2D eigenvalue weighted by atomic mass is 10.1. The van der Waals surface area contributed by atoms with Gasteiger partial charge in [0.2, 0.25) is 5.91 Å². The zero-order valence-electron chi connectivity index (χ0n) is 15.5. The SMILES string of the molecule is CC(C)Sc1ccc(CC(=O)N2CC[C@H](n3cc(C4CC4)nn3)C2)cc1. The predicted molar refractivity (Wildman–Crippen MR) is 103 cm³/mol. The second-order valence-corrected chi connectivity index (χ2v) is 9.32. The summed E-state index contributed by atoms with van der Waals surface area (Å²) in [5.74, 6) is 0.832. The standard InChI is InChI=1S/C20H26N4OS/c1-14(2)26-18-7-3-15(4-8-18)11-20(25)23-10-9-17(12-23)24-13-19(21-22-24)16-5-6-16/h3-4,7-8,13-14,16-17H,5-6,9-12H2,1-2H3/t17-/m0/s1. The molecule has 138 valence electrons. The van der Waals surface area contributed by atoms with Gasteiger partial charge in [-0.05, 0) is 37.0 Å². The largest absolute Gasteiger partial charge is 0.340 e. The Kier molecular flexibility index (Phi) is 5.02. The molecule has 1 aromatic carbocycles.